The number of fused-ring (bicyclic) bond motifs is 1. The number of aromatic nitrogens is 2. The zero-order chi connectivity index (χ0) is 12.4. The maximum atomic E-state index is 5.66. The van der Waals surface area contributed by atoms with Gasteiger partial charge in [0.25, 0.3) is 0 Å². The molecule has 1 aromatic carbocycles. The van der Waals surface area contributed by atoms with E-state index >= 15 is 0 Å². The zero-order valence-corrected chi connectivity index (χ0v) is 10.9. The van der Waals surface area contributed by atoms with Crippen molar-refractivity contribution in [3.63, 3.8) is 0 Å². The average molecular weight is 231 g/mol. The second-order valence-electron chi connectivity index (χ2n) is 4.75. The maximum absolute atomic E-state index is 5.66. The van der Waals surface area contributed by atoms with Crippen molar-refractivity contribution >= 4 is 11.0 Å². The monoisotopic (exact) mass is 231 g/mol. The third-order valence-electron chi connectivity index (χ3n) is 3.38. The Morgan fingerprint density at radius 3 is 2.82 bits per heavy atom. The van der Waals surface area contributed by atoms with E-state index in [9.17, 15) is 0 Å². The Bertz CT molecular complexity index is 513. The Morgan fingerprint density at radius 1 is 1.41 bits per heavy atom. The van der Waals surface area contributed by atoms with Crippen LogP contribution in [0.15, 0.2) is 18.2 Å². The molecule has 0 aliphatic rings. The molecule has 3 heteroatoms. The molecule has 3 nitrogen and oxygen atoms in total. The highest BCUT2D eigenvalue weighted by atomic mass is 15.1. The molecule has 0 aliphatic carbocycles. The Morgan fingerprint density at radius 2 is 2.18 bits per heavy atom. The largest absolute Gasteiger partial charge is 0.331 e. The number of rotatable bonds is 4. The van der Waals surface area contributed by atoms with E-state index in [0.29, 0.717) is 12.5 Å². The van der Waals surface area contributed by atoms with E-state index in [2.05, 4.69) is 43.7 Å². The minimum Gasteiger partial charge on any atom is -0.331 e. The molecule has 1 heterocycles. The van der Waals surface area contributed by atoms with Gasteiger partial charge in [0, 0.05) is 19.5 Å². The third-order valence-corrected chi connectivity index (χ3v) is 3.38. The molecule has 1 aromatic heterocycles. The summed E-state index contributed by atoms with van der Waals surface area (Å²) in [5.74, 6) is 1.69. The summed E-state index contributed by atoms with van der Waals surface area (Å²) in [6, 6.07) is 6.29. The summed E-state index contributed by atoms with van der Waals surface area (Å²) in [5.41, 5.74) is 9.06. The lowest BCUT2D eigenvalue weighted by Crippen LogP contribution is -2.02. The summed E-state index contributed by atoms with van der Waals surface area (Å²) in [4.78, 5) is 4.75. The first-order chi connectivity index (χ1) is 8.17. The smallest absolute Gasteiger partial charge is 0.112 e. The molecule has 17 heavy (non-hydrogen) atoms. The third kappa shape index (κ3) is 2.20. The first-order valence-corrected chi connectivity index (χ1v) is 6.32. The molecule has 1 unspecified atom stereocenters. The van der Waals surface area contributed by atoms with Gasteiger partial charge in [0.15, 0.2) is 0 Å². The van der Waals surface area contributed by atoms with Crippen molar-refractivity contribution in [1.82, 2.24) is 9.55 Å². The van der Waals surface area contributed by atoms with Gasteiger partial charge in [0.2, 0.25) is 0 Å². The van der Waals surface area contributed by atoms with Gasteiger partial charge in [-0.1, -0.05) is 26.3 Å². The Hall–Kier alpha value is -1.35. The molecule has 0 saturated carbocycles. The van der Waals surface area contributed by atoms with Crippen LogP contribution >= 0.6 is 0 Å². The van der Waals surface area contributed by atoms with Crippen LogP contribution in [0.25, 0.3) is 11.0 Å². The molecule has 0 aliphatic heterocycles. The van der Waals surface area contributed by atoms with Crippen LogP contribution in [0.4, 0.5) is 0 Å². The van der Waals surface area contributed by atoms with Crippen LogP contribution in [0, 0.1) is 0 Å². The van der Waals surface area contributed by atoms with E-state index in [-0.39, 0.29) is 0 Å². The second kappa shape index (κ2) is 4.88. The molecule has 0 amide bonds. The van der Waals surface area contributed by atoms with Crippen LogP contribution in [0.3, 0.4) is 0 Å². The van der Waals surface area contributed by atoms with Gasteiger partial charge < -0.3 is 10.3 Å². The molecule has 2 N–H and O–H groups in total. The SMILES string of the molecule is CCCC(C)c1nc2cc(CN)ccc2n1C. The molecule has 2 rings (SSSR count). The Labute approximate surface area is 103 Å². The van der Waals surface area contributed by atoms with E-state index in [0.717, 1.165) is 11.1 Å². The van der Waals surface area contributed by atoms with Gasteiger partial charge in [-0.25, -0.2) is 4.98 Å². The number of nitrogens with zero attached hydrogens (tertiary/aromatic N) is 2. The fourth-order valence-electron chi connectivity index (χ4n) is 2.39. The van der Waals surface area contributed by atoms with Gasteiger partial charge in [0.05, 0.1) is 11.0 Å². The lowest BCUT2D eigenvalue weighted by Gasteiger charge is -2.09. The van der Waals surface area contributed by atoms with Crippen molar-refractivity contribution in [3.05, 3.63) is 29.6 Å². The Kier molecular flexibility index (Phi) is 3.48. The number of aryl methyl sites for hydroxylation is 1. The van der Waals surface area contributed by atoms with Crippen molar-refractivity contribution < 1.29 is 0 Å². The molecular formula is C14H21N3. The highest BCUT2D eigenvalue weighted by Gasteiger charge is 2.13. The van der Waals surface area contributed by atoms with Crippen molar-refractivity contribution in [1.29, 1.82) is 0 Å². The lowest BCUT2D eigenvalue weighted by molar-refractivity contribution is 0.606. The van der Waals surface area contributed by atoms with Crippen LogP contribution in [-0.2, 0) is 13.6 Å². The molecule has 0 fully saturated rings. The topological polar surface area (TPSA) is 43.8 Å². The standard InChI is InChI=1S/C14H21N3/c1-4-5-10(2)14-16-12-8-11(9-15)6-7-13(12)17(14)3/h6-8,10H,4-5,9,15H2,1-3H3. The van der Waals surface area contributed by atoms with Crippen molar-refractivity contribution in [2.75, 3.05) is 0 Å². The number of hydrogen-bond donors (Lipinski definition) is 1. The number of imidazole rings is 1. The van der Waals surface area contributed by atoms with Crippen LogP contribution in [0.2, 0.25) is 0 Å². The summed E-state index contributed by atoms with van der Waals surface area (Å²) in [6.45, 7) is 5.03. The van der Waals surface area contributed by atoms with Gasteiger partial charge >= 0.3 is 0 Å². The predicted molar refractivity (Wildman–Crippen MR) is 71.9 cm³/mol. The van der Waals surface area contributed by atoms with Gasteiger partial charge in [-0.05, 0) is 24.1 Å². The van der Waals surface area contributed by atoms with Gasteiger partial charge in [-0.2, -0.15) is 0 Å². The van der Waals surface area contributed by atoms with Crippen LogP contribution in [0.1, 0.15) is 44.0 Å². The first-order valence-electron chi connectivity index (χ1n) is 6.32. The molecule has 0 saturated heterocycles. The summed E-state index contributed by atoms with van der Waals surface area (Å²) in [6.07, 6.45) is 2.37. The first kappa shape index (κ1) is 12.1. The summed E-state index contributed by atoms with van der Waals surface area (Å²) >= 11 is 0. The molecular weight excluding hydrogens is 210 g/mol. The fraction of sp³-hybridized carbons (Fsp3) is 0.500. The molecule has 92 valence electrons. The maximum Gasteiger partial charge on any atom is 0.112 e. The van der Waals surface area contributed by atoms with Crippen LogP contribution < -0.4 is 5.73 Å². The highest BCUT2D eigenvalue weighted by molar-refractivity contribution is 5.77. The van der Waals surface area contributed by atoms with Gasteiger partial charge in [-0.3, -0.25) is 0 Å². The van der Waals surface area contributed by atoms with Crippen LogP contribution in [0.5, 0.6) is 0 Å². The van der Waals surface area contributed by atoms with E-state index in [1.165, 1.54) is 24.2 Å². The normalized spacial score (nSPS) is 13.2. The lowest BCUT2D eigenvalue weighted by atomic mass is 10.1. The summed E-state index contributed by atoms with van der Waals surface area (Å²) in [7, 11) is 2.10. The quantitative estimate of drug-likeness (QED) is 0.879. The van der Waals surface area contributed by atoms with Gasteiger partial charge in [0.1, 0.15) is 5.82 Å². The van der Waals surface area contributed by atoms with E-state index in [1.54, 1.807) is 0 Å². The minimum absolute atomic E-state index is 0.513. The predicted octanol–water partition coefficient (Wildman–Crippen LogP) is 2.94. The number of nitrogens with two attached hydrogens (primary N) is 1. The van der Waals surface area contributed by atoms with E-state index < -0.39 is 0 Å². The molecule has 1 atom stereocenters. The summed E-state index contributed by atoms with van der Waals surface area (Å²) < 4.78 is 2.20. The molecule has 0 spiro atoms. The zero-order valence-electron chi connectivity index (χ0n) is 10.9. The number of benzene rings is 1. The minimum atomic E-state index is 0.513. The average Bonchev–Trinajstić information content (AvgIpc) is 2.66. The molecule has 0 bridgehead atoms. The van der Waals surface area contributed by atoms with Crippen molar-refractivity contribution in [3.8, 4) is 0 Å². The molecule has 2 aromatic rings. The van der Waals surface area contributed by atoms with Crippen molar-refractivity contribution in [2.45, 2.75) is 39.2 Å². The van der Waals surface area contributed by atoms with Crippen LogP contribution in [-0.4, -0.2) is 9.55 Å². The summed E-state index contributed by atoms with van der Waals surface area (Å²) in [5, 5.41) is 0. The number of hydrogen-bond acceptors (Lipinski definition) is 2. The van der Waals surface area contributed by atoms with E-state index in [1.807, 2.05) is 0 Å². The van der Waals surface area contributed by atoms with E-state index in [4.69, 9.17) is 10.7 Å². The highest BCUT2D eigenvalue weighted by Crippen LogP contribution is 2.24. The fourth-order valence-corrected chi connectivity index (χ4v) is 2.39. The molecule has 0 radical (unpaired) electrons. The Balaban J connectivity index is 2.48. The van der Waals surface area contributed by atoms with Crippen molar-refractivity contribution in [2.24, 2.45) is 12.8 Å². The van der Waals surface area contributed by atoms with Gasteiger partial charge in [-0.15, -0.1) is 0 Å². The second-order valence-corrected chi connectivity index (χ2v) is 4.75.